The lowest BCUT2D eigenvalue weighted by atomic mass is 9.47. The molecule has 4 fully saturated rings. The van der Waals surface area contributed by atoms with Gasteiger partial charge in [0.2, 0.25) is 5.95 Å². The Morgan fingerprint density at radius 2 is 1.85 bits per heavy atom. The van der Waals surface area contributed by atoms with Crippen molar-refractivity contribution in [2.45, 2.75) is 116 Å². The molecule has 0 amide bonds. The summed E-state index contributed by atoms with van der Waals surface area (Å²) < 4.78 is 28.7. The Bertz CT molecular complexity index is 2090. The minimum absolute atomic E-state index is 0.0490. The molecule has 274 valence electrons. The maximum absolute atomic E-state index is 15.2. The number of Topliss-reactive ketones (excluding diaryl/α,β-unsaturated/α-hetero) is 1. The SMILES string of the molecule is COC(=O)/C(C)=C\CC12OC(C)(C)C3CC(C1=O)C1C4=C(Nc5nccn51)c1c(O)c5c(c(CC=C(C)C)c1OC432)OC(C)(CCC=C(C)C)C=C5. The van der Waals surface area contributed by atoms with Crippen LogP contribution in [0.15, 0.2) is 59.0 Å². The summed E-state index contributed by atoms with van der Waals surface area (Å²) in [6.45, 7) is 16.1. The number of phenolic OH excluding ortho intramolecular Hbond substituents is 1. The van der Waals surface area contributed by atoms with Crippen molar-refractivity contribution < 1.29 is 33.6 Å². The fraction of sp³-hybridized carbons (Fsp3) is 0.500. The van der Waals surface area contributed by atoms with E-state index < -0.39 is 40.3 Å². The second-order valence-electron chi connectivity index (χ2n) is 16.6. The zero-order chi connectivity index (χ0) is 37.1. The Morgan fingerprint density at radius 3 is 2.56 bits per heavy atom. The van der Waals surface area contributed by atoms with Crippen molar-refractivity contribution in [1.29, 1.82) is 0 Å². The molecule has 9 rings (SSSR count). The zero-order valence-electron chi connectivity index (χ0n) is 31.6. The van der Waals surface area contributed by atoms with E-state index >= 15 is 4.79 Å². The molecule has 4 bridgehead atoms. The number of benzene rings is 1. The first-order valence-corrected chi connectivity index (χ1v) is 18.4. The summed E-state index contributed by atoms with van der Waals surface area (Å²) in [6, 6.07) is -0.399. The molecule has 3 saturated carbocycles. The van der Waals surface area contributed by atoms with Gasteiger partial charge in [-0.05, 0) is 93.2 Å². The number of ketones is 1. The van der Waals surface area contributed by atoms with E-state index in [4.69, 9.17) is 18.9 Å². The average molecular weight is 708 g/mol. The highest BCUT2D eigenvalue weighted by atomic mass is 16.6. The number of hydrogen-bond acceptors (Lipinski definition) is 9. The quantitative estimate of drug-likeness (QED) is 0.161. The predicted molar refractivity (Wildman–Crippen MR) is 198 cm³/mol. The molecule has 3 aliphatic carbocycles. The number of imidazole rings is 1. The van der Waals surface area contributed by atoms with Gasteiger partial charge in [-0.1, -0.05) is 29.4 Å². The van der Waals surface area contributed by atoms with Crippen molar-refractivity contribution in [1.82, 2.24) is 9.55 Å². The molecule has 2 aromatic rings. The van der Waals surface area contributed by atoms with Gasteiger partial charge in [-0.25, -0.2) is 9.78 Å². The molecule has 10 heteroatoms. The summed E-state index contributed by atoms with van der Waals surface area (Å²) in [7, 11) is 1.35. The standard InChI is InChI=1S/C42H49N3O7/c1-22(2)11-10-16-40(8)17-15-25-33(46)29-31-30-32(45-20-19-43-38(45)44-31)27-21-28-39(6,7)52-41(36(27)47,18-14-24(5)37(48)49-9)42(28,30)51-35(29)26(34(25)50-40)13-12-23(3)4/h11-12,14-15,17,19-20,27-28,32,46H,10,13,16,18,21H2,1-9H3,(H,43,44)/b24-14-. The first-order chi connectivity index (χ1) is 24.6. The number of aromatic nitrogens is 2. The highest BCUT2D eigenvalue weighted by Crippen LogP contribution is 2.74. The van der Waals surface area contributed by atoms with Crippen LogP contribution in [-0.4, -0.2) is 55.9 Å². The molecule has 1 aromatic heterocycles. The van der Waals surface area contributed by atoms with Crippen LogP contribution < -0.4 is 14.8 Å². The van der Waals surface area contributed by atoms with Crippen molar-refractivity contribution in [3.05, 3.63) is 75.7 Å². The van der Waals surface area contributed by atoms with Gasteiger partial charge in [0.1, 0.15) is 22.8 Å². The highest BCUT2D eigenvalue weighted by Gasteiger charge is 2.84. The van der Waals surface area contributed by atoms with E-state index in [9.17, 15) is 9.90 Å². The highest BCUT2D eigenvalue weighted by molar-refractivity contribution is 6.02. The molecule has 1 spiro atoms. The molecule has 4 aliphatic heterocycles. The predicted octanol–water partition coefficient (Wildman–Crippen LogP) is 7.79. The van der Waals surface area contributed by atoms with E-state index in [1.165, 1.54) is 12.7 Å². The second kappa shape index (κ2) is 11.5. The molecule has 10 nitrogen and oxygen atoms in total. The number of nitrogens with zero attached hydrogens (tertiary/aromatic N) is 2. The van der Waals surface area contributed by atoms with E-state index in [1.54, 1.807) is 19.2 Å². The summed E-state index contributed by atoms with van der Waals surface area (Å²) in [5.41, 5.74) is 2.09. The number of methoxy groups -OCH3 is 1. The molecular weight excluding hydrogens is 658 g/mol. The first kappa shape index (κ1) is 34.5. The fourth-order valence-corrected chi connectivity index (χ4v) is 9.87. The van der Waals surface area contributed by atoms with Crippen molar-refractivity contribution >= 4 is 29.5 Å². The third-order valence-electron chi connectivity index (χ3n) is 12.2. The van der Waals surface area contributed by atoms with Gasteiger partial charge in [0, 0.05) is 47.4 Å². The lowest BCUT2D eigenvalue weighted by Gasteiger charge is -2.62. The van der Waals surface area contributed by atoms with Crippen LogP contribution in [0.4, 0.5) is 5.95 Å². The molecule has 1 saturated heterocycles. The number of phenols is 1. The van der Waals surface area contributed by atoms with Gasteiger partial charge < -0.3 is 33.9 Å². The lowest BCUT2D eigenvalue weighted by Crippen LogP contribution is -2.75. The number of aromatic hydroxyl groups is 1. The van der Waals surface area contributed by atoms with Crippen LogP contribution in [0, 0.1) is 11.8 Å². The summed E-state index contributed by atoms with van der Waals surface area (Å²) in [5.74, 6) is 0.484. The number of esters is 1. The molecule has 1 aromatic carbocycles. The van der Waals surface area contributed by atoms with Crippen LogP contribution in [0.2, 0.25) is 0 Å². The fourth-order valence-electron chi connectivity index (χ4n) is 9.87. The third-order valence-corrected chi connectivity index (χ3v) is 12.2. The van der Waals surface area contributed by atoms with Crippen molar-refractivity contribution in [3.8, 4) is 17.2 Å². The largest absolute Gasteiger partial charge is 0.506 e. The van der Waals surface area contributed by atoms with Crippen LogP contribution in [0.5, 0.6) is 17.2 Å². The topological polar surface area (TPSA) is 121 Å². The Morgan fingerprint density at radius 1 is 1.10 bits per heavy atom. The molecule has 6 unspecified atom stereocenters. The molecule has 5 heterocycles. The van der Waals surface area contributed by atoms with E-state index in [1.807, 2.05) is 36.8 Å². The number of hydrogen-bond donors (Lipinski definition) is 2. The number of rotatable bonds is 8. The lowest BCUT2D eigenvalue weighted by molar-refractivity contribution is -0.181. The number of anilines is 1. The number of fused-ring (bicyclic) bond motifs is 4. The number of carbonyl (C=O) groups is 2. The maximum Gasteiger partial charge on any atom is 0.333 e. The molecule has 6 atom stereocenters. The van der Waals surface area contributed by atoms with Crippen LogP contribution in [0.1, 0.15) is 104 Å². The molecular formula is C42H49N3O7. The van der Waals surface area contributed by atoms with Gasteiger partial charge in [0.25, 0.3) is 0 Å². The molecule has 52 heavy (non-hydrogen) atoms. The smallest absolute Gasteiger partial charge is 0.333 e. The van der Waals surface area contributed by atoms with Gasteiger partial charge in [0.05, 0.1) is 35.6 Å². The Kier molecular flexibility index (Phi) is 7.61. The van der Waals surface area contributed by atoms with Crippen LogP contribution in [0.3, 0.4) is 0 Å². The summed E-state index contributed by atoms with van der Waals surface area (Å²) in [5, 5.41) is 16.0. The average Bonchev–Trinajstić information content (AvgIpc) is 3.61. The Balaban J connectivity index is 1.41. The number of nitrogens with one attached hydrogen (secondary N) is 1. The monoisotopic (exact) mass is 707 g/mol. The number of carbonyl (C=O) groups excluding carboxylic acids is 2. The summed E-state index contributed by atoms with van der Waals surface area (Å²) in [4.78, 5) is 32.5. The summed E-state index contributed by atoms with van der Waals surface area (Å²) >= 11 is 0. The van der Waals surface area contributed by atoms with Crippen LogP contribution in [0.25, 0.3) is 11.8 Å². The van der Waals surface area contributed by atoms with Gasteiger partial charge in [0.15, 0.2) is 17.0 Å². The van der Waals surface area contributed by atoms with E-state index in [0.717, 1.165) is 29.6 Å². The van der Waals surface area contributed by atoms with Crippen LogP contribution in [-0.2, 0) is 25.5 Å². The maximum atomic E-state index is 15.2. The van der Waals surface area contributed by atoms with Gasteiger partial charge >= 0.3 is 5.97 Å². The molecule has 0 radical (unpaired) electrons. The van der Waals surface area contributed by atoms with Crippen LogP contribution >= 0.6 is 0 Å². The minimum atomic E-state index is -1.47. The molecule has 7 aliphatic rings. The first-order valence-electron chi connectivity index (χ1n) is 18.4. The van der Waals surface area contributed by atoms with Gasteiger partial charge in [-0.15, -0.1) is 0 Å². The normalized spacial score (nSPS) is 31.0. The van der Waals surface area contributed by atoms with Crippen molar-refractivity contribution in [3.63, 3.8) is 0 Å². The van der Waals surface area contributed by atoms with E-state index in [2.05, 4.69) is 57.1 Å². The van der Waals surface area contributed by atoms with Gasteiger partial charge in [-0.2, -0.15) is 0 Å². The number of allylic oxidation sites excluding steroid dienone is 4. The third kappa shape index (κ3) is 4.55. The second-order valence-corrected chi connectivity index (χ2v) is 16.6. The molecule has 2 N–H and O–H groups in total. The number of ether oxygens (including phenoxy) is 4. The summed E-state index contributed by atoms with van der Waals surface area (Å²) in [6.07, 6.45) is 16.5. The van der Waals surface area contributed by atoms with E-state index in [-0.39, 0.29) is 23.9 Å². The Hall–Kier alpha value is -4.57. The van der Waals surface area contributed by atoms with Crippen molar-refractivity contribution in [2.24, 2.45) is 11.8 Å². The zero-order valence-corrected chi connectivity index (χ0v) is 31.6. The van der Waals surface area contributed by atoms with Crippen molar-refractivity contribution in [2.75, 3.05) is 12.4 Å². The minimum Gasteiger partial charge on any atom is -0.506 e. The van der Waals surface area contributed by atoms with E-state index in [0.29, 0.717) is 52.7 Å². The van der Waals surface area contributed by atoms with Gasteiger partial charge in [-0.3, -0.25) is 4.79 Å². The Labute approximate surface area is 305 Å².